The Morgan fingerprint density at radius 3 is 2.96 bits per heavy atom. The first-order valence-electron chi connectivity index (χ1n) is 9.19. The van der Waals surface area contributed by atoms with Crippen molar-refractivity contribution >= 4 is 29.0 Å². The summed E-state index contributed by atoms with van der Waals surface area (Å²) in [5.74, 6) is 0. The normalized spacial score (nSPS) is 16.8. The van der Waals surface area contributed by atoms with Crippen molar-refractivity contribution in [3.8, 4) is 5.69 Å². The lowest BCUT2D eigenvalue weighted by Gasteiger charge is -2.33. The quantitative estimate of drug-likeness (QED) is 0.706. The van der Waals surface area contributed by atoms with Gasteiger partial charge in [-0.05, 0) is 37.1 Å². The molecule has 0 bridgehead atoms. The van der Waals surface area contributed by atoms with Gasteiger partial charge in [0, 0.05) is 49.8 Å². The third-order valence-corrected chi connectivity index (χ3v) is 5.01. The number of anilines is 2. The second-order valence-corrected chi connectivity index (χ2v) is 7.30. The van der Waals surface area contributed by atoms with E-state index in [1.807, 2.05) is 31.7 Å². The monoisotopic (exact) mass is 399 g/mol. The summed E-state index contributed by atoms with van der Waals surface area (Å²) in [6.07, 6.45) is 9.29. The zero-order chi connectivity index (χ0) is 19.5. The number of benzene rings is 1. The lowest BCUT2D eigenvalue weighted by molar-refractivity contribution is 0.246. The Labute approximate surface area is 168 Å². The molecule has 1 fully saturated rings. The number of amides is 2. The second-order valence-electron chi connectivity index (χ2n) is 6.87. The van der Waals surface area contributed by atoms with Gasteiger partial charge in [-0.3, -0.25) is 4.68 Å². The minimum Gasteiger partial charge on any atom is -0.367 e. The predicted octanol–water partition coefficient (Wildman–Crippen LogP) is 3.05. The molecule has 28 heavy (non-hydrogen) atoms. The first kappa shape index (κ1) is 18.4. The van der Waals surface area contributed by atoms with Gasteiger partial charge >= 0.3 is 6.03 Å². The Balaban J connectivity index is 1.42. The molecule has 0 aliphatic carbocycles. The Hall–Kier alpha value is -3.00. The first-order chi connectivity index (χ1) is 13.6. The number of hydrogen-bond acceptors (Lipinski definition) is 4. The number of aromatic nitrogens is 4. The van der Waals surface area contributed by atoms with Crippen LogP contribution in [0, 0.1) is 0 Å². The molecule has 1 aliphatic heterocycles. The molecule has 1 atom stereocenters. The van der Waals surface area contributed by atoms with Crippen LogP contribution in [0.2, 0.25) is 5.02 Å². The fraction of sp³-hybridized carbons (Fsp3) is 0.316. The van der Waals surface area contributed by atoms with Gasteiger partial charge < -0.3 is 15.5 Å². The molecule has 1 aliphatic rings. The maximum Gasteiger partial charge on any atom is 0.319 e. The lowest BCUT2D eigenvalue weighted by Crippen LogP contribution is -2.49. The number of aryl methyl sites for hydroxylation is 1. The van der Waals surface area contributed by atoms with Crippen molar-refractivity contribution in [3.05, 3.63) is 54.1 Å². The zero-order valence-corrected chi connectivity index (χ0v) is 16.3. The first-order valence-corrected chi connectivity index (χ1v) is 9.57. The van der Waals surface area contributed by atoms with E-state index in [9.17, 15) is 4.79 Å². The number of nitrogens with zero attached hydrogens (tertiary/aromatic N) is 5. The molecule has 2 amide bonds. The van der Waals surface area contributed by atoms with Crippen molar-refractivity contribution < 1.29 is 4.79 Å². The number of carbonyl (C=O) groups is 1. The van der Waals surface area contributed by atoms with Crippen LogP contribution < -0.4 is 15.5 Å². The summed E-state index contributed by atoms with van der Waals surface area (Å²) in [5, 5.41) is 15.0. The maximum absolute atomic E-state index is 12.6. The molecule has 9 heteroatoms. The van der Waals surface area contributed by atoms with E-state index in [0.29, 0.717) is 16.4 Å². The van der Waals surface area contributed by atoms with Gasteiger partial charge in [0.25, 0.3) is 0 Å². The molecule has 2 aromatic heterocycles. The van der Waals surface area contributed by atoms with Gasteiger partial charge in [0.05, 0.1) is 23.3 Å². The minimum atomic E-state index is -0.242. The predicted molar refractivity (Wildman–Crippen MR) is 109 cm³/mol. The maximum atomic E-state index is 12.6. The van der Waals surface area contributed by atoms with Crippen molar-refractivity contribution in [1.82, 2.24) is 24.9 Å². The summed E-state index contributed by atoms with van der Waals surface area (Å²) < 4.78 is 3.46. The van der Waals surface area contributed by atoms with Gasteiger partial charge in [-0.1, -0.05) is 11.6 Å². The largest absolute Gasteiger partial charge is 0.367 e. The van der Waals surface area contributed by atoms with Crippen LogP contribution in [0.25, 0.3) is 5.69 Å². The summed E-state index contributed by atoms with van der Waals surface area (Å²) >= 11 is 6.12. The molecule has 8 nitrogen and oxygen atoms in total. The molecule has 0 radical (unpaired) electrons. The highest BCUT2D eigenvalue weighted by Crippen LogP contribution is 2.24. The van der Waals surface area contributed by atoms with E-state index in [4.69, 9.17) is 11.6 Å². The van der Waals surface area contributed by atoms with Gasteiger partial charge in [-0.15, -0.1) is 0 Å². The van der Waals surface area contributed by atoms with Gasteiger partial charge in [-0.25, -0.2) is 9.48 Å². The number of piperidine rings is 1. The van der Waals surface area contributed by atoms with Crippen LogP contribution in [0.15, 0.2) is 49.1 Å². The topological polar surface area (TPSA) is 80.0 Å². The SMILES string of the molecule is Cn1cc(N2CCCC(NC(=O)Nc3ccc(Cl)cc3-n3cccn3)C2)cn1. The molecule has 0 spiro atoms. The summed E-state index contributed by atoms with van der Waals surface area (Å²) in [5.41, 5.74) is 2.44. The summed E-state index contributed by atoms with van der Waals surface area (Å²) in [7, 11) is 1.90. The van der Waals surface area contributed by atoms with E-state index in [2.05, 4.69) is 25.7 Å². The minimum absolute atomic E-state index is 0.0643. The molecule has 146 valence electrons. The molecule has 1 saturated heterocycles. The molecule has 1 unspecified atom stereocenters. The van der Waals surface area contributed by atoms with Gasteiger partial charge in [0.15, 0.2) is 0 Å². The number of rotatable bonds is 4. The van der Waals surface area contributed by atoms with Crippen molar-refractivity contribution in [3.63, 3.8) is 0 Å². The van der Waals surface area contributed by atoms with Crippen LogP contribution in [-0.4, -0.2) is 44.7 Å². The van der Waals surface area contributed by atoms with E-state index < -0.39 is 0 Å². The van der Waals surface area contributed by atoms with Crippen LogP contribution in [0.1, 0.15) is 12.8 Å². The Bertz CT molecular complexity index is 953. The van der Waals surface area contributed by atoms with Crippen LogP contribution >= 0.6 is 11.6 Å². The molecule has 1 aromatic carbocycles. The smallest absolute Gasteiger partial charge is 0.319 e. The van der Waals surface area contributed by atoms with Crippen LogP contribution in [0.3, 0.4) is 0 Å². The third-order valence-electron chi connectivity index (χ3n) is 4.77. The van der Waals surface area contributed by atoms with Crippen molar-refractivity contribution in [2.24, 2.45) is 7.05 Å². The fourth-order valence-corrected chi connectivity index (χ4v) is 3.62. The lowest BCUT2D eigenvalue weighted by atomic mass is 10.1. The standard InChI is InChI=1S/C19H22ClN7O/c1-25-13-16(11-22-25)26-8-2-4-15(12-26)23-19(28)24-17-6-5-14(20)10-18(17)27-9-3-7-21-27/h3,5-7,9-11,13,15H,2,4,8,12H2,1H3,(H2,23,24,28). The second kappa shape index (κ2) is 7.93. The van der Waals surface area contributed by atoms with Gasteiger partial charge in [-0.2, -0.15) is 10.2 Å². The Morgan fingerprint density at radius 2 is 2.21 bits per heavy atom. The number of urea groups is 1. The number of halogens is 1. The Morgan fingerprint density at radius 1 is 1.32 bits per heavy atom. The summed E-state index contributed by atoms with van der Waals surface area (Å²) in [6.45, 7) is 1.72. The van der Waals surface area contributed by atoms with E-state index in [1.54, 1.807) is 33.8 Å². The molecule has 0 saturated carbocycles. The van der Waals surface area contributed by atoms with Crippen LogP contribution in [0.4, 0.5) is 16.2 Å². The molecule has 3 heterocycles. The van der Waals surface area contributed by atoms with E-state index in [-0.39, 0.29) is 12.1 Å². The third kappa shape index (κ3) is 4.12. The average molecular weight is 400 g/mol. The highest BCUT2D eigenvalue weighted by Gasteiger charge is 2.22. The molecular weight excluding hydrogens is 378 g/mol. The van der Waals surface area contributed by atoms with Crippen LogP contribution in [0.5, 0.6) is 0 Å². The van der Waals surface area contributed by atoms with Crippen LogP contribution in [-0.2, 0) is 7.05 Å². The van der Waals surface area contributed by atoms with Gasteiger partial charge in [0.2, 0.25) is 0 Å². The van der Waals surface area contributed by atoms with E-state index in [1.165, 1.54) is 0 Å². The van der Waals surface area contributed by atoms with Crippen molar-refractivity contribution in [2.75, 3.05) is 23.3 Å². The van der Waals surface area contributed by atoms with Gasteiger partial charge in [0.1, 0.15) is 0 Å². The van der Waals surface area contributed by atoms with E-state index in [0.717, 1.165) is 31.6 Å². The average Bonchev–Trinajstić information content (AvgIpc) is 3.35. The summed E-state index contributed by atoms with van der Waals surface area (Å²) in [4.78, 5) is 14.9. The number of hydrogen-bond donors (Lipinski definition) is 2. The highest BCUT2D eigenvalue weighted by atomic mass is 35.5. The molecule has 3 aromatic rings. The van der Waals surface area contributed by atoms with Crippen molar-refractivity contribution in [1.29, 1.82) is 0 Å². The Kier molecular flexibility index (Phi) is 5.21. The van der Waals surface area contributed by atoms with Crippen molar-refractivity contribution in [2.45, 2.75) is 18.9 Å². The molecular formula is C19H22ClN7O. The summed E-state index contributed by atoms with van der Waals surface area (Å²) in [6, 6.07) is 6.94. The van der Waals surface area contributed by atoms with E-state index >= 15 is 0 Å². The molecule has 2 N–H and O–H groups in total. The molecule has 4 rings (SSSR count). The highest BCUT2D eigenvalue weighted by molar-refractivity contribution is 6.30. The zero-order valence-electron chi connectivity index (χ0n) is 15.5. The number of carbonyl (C=O) groups excluding carboxylic acids is 1. The fourth-order valence-electron chi connectivity index (χ4n) is 3.46. The number of nitrogens with one attached hydrogen (secondary N) is 2.